The average molecular weight is 160 g/mol. The van der Waals surface area contributed by atoms with Crippen LogP contribution in [0.4, 0.5) is 5.69 Å². The lowest BCUT2D eigenvalue weighted by molar-refractivity contribution is 0.475. The van der Waals surface area contributed by atoms with E-state index in [1.165, 1.54) is 12.1 Å². The van der Waals surface area contributed by atoms with Crippen molar-refractivity contribution in [3.63, 3.8) is 0 Å². The molecule has 0 unspecified atom stereocenters. The minimum Gasteiger partial charge on any atom is -0.508 e. The van der Waals surface area contributed by atoms with Crippen molar-refractivity contribution < 1.29 is 5.11 Å². The third-order valence-corrected chi connectivity index (χ3v) is 1.50. The third kappa shape index (κ3) is 1.38. The minimum atomic E-state index is 0.0852. The molecule has 0 heterocycles. The number of phenolic OH excluding ortho intramolecular Hbond substituents is 1. The summed E-state index contributed by atoms with van der Waals surface area (Å²) < 4.78 is 0. The fraction of sp³-hybridized carbons (Fsp3) is 0. The molecule has 0 aliphatic carbocycles. The smallest absolute Gasteiger partial charge is 0.117 e. The van der Waals surface area contributed by atoms with Crippen LogP contribution in [-0.4, -0.2) is 5.11 Å². The molecule has 0 spiro atoms. The number of nitriles is 1. The summed E-state index contributed by atoms with van der Waals surface area (Å²) in [5.41, 5.74) is 6.75. The Bertz CT molecular complexity index is 363. The van der Waals surface area contributed by atoms with Gasteiger partial charge in [-0.3, -0.25) is 0 Å². The summed E-state index contributed by atoms with van der Waals surface area (Å²) >= 11 is 0. The van der Waals surface area contributed by atoms with Crippen molar-refractivity contribution in [3.05, 3.63) is 30.3 Å². The fourth-order valence-electron chi connectivity index (χ4n) is 0.885. The second-order valence-corrected chi connectivity index (χ2v) is 2.36. The molecule has 60 valence electrons. The van der Waals surface area contributed by atoms with Crippen LogP contribution in [0.1, 0.15) is 5.56 Å². The van der Waals surface area contributed by atoms with E-state index >= 15 is 0 Å². The van der Waals surface area contributed by atoms with E-state index in [0.717, 1.165) is 0 Å². The first-order valence-corrected chi connectivity index (χ1v) is 3.33. The Morgan fingerprint density at radius 1 is 1.58 bits per heavy atom. The second kappa shape index (κ2) is 2.97. The average Bonchev–Trinajstić information content (AvgIpc) is 2.03. The van der Waals surface area contributed by atoms with Gasteiger partial charge in [0.2, 0.25) is 0 Å². The number of rotatable bonds is 1. The van der Waals surface area contributed by atoms with Gasteiger partial charge in [-0.25, -0.2) is 0 Å². The number of benzene rings is 1. The zero-order valence-corrected chi connectivity index (χ0v) is 6.41. The summed E-state index contributed by atoms with van der Waals surface area (Å²) in [6, 6.07) is 6.30. The highest BCUT2D eigenvalue weighted by atomic mass is 16.3. The number of nitrogens with zero attached hydrogens (tertiary/aromatic N) is 1. The number of phenols is 1. The van der Waals surface area contributed by atoms with Crippen molar-refractivity contribution >= 4 is 11.3 Å². The Morgan fingerprint density at radius 3 is 2.75 bits per heavy atom. The second-order valence-electron chi connectivity index (χ2n) is 2.36. The number of aromatic hydroxyl groups is 1. The van der Waals surface area contributed by atoms with E-state index in [4.69, 9.17) is 16.1 Å². The predicted molar refractivity (Wildman–Crippen MR) is 47.2 cm³/mol. The van der Waals surface area contributed by atoms with Crippen molar-refractivity contribution in [1.29, 1.82) is 5.26 Å². The van der Waals surface area contributed by atoms with Gasteiger partial charge in [0, 0.05) is 17.3 Å². The lowest BCUT2D eigenvalue weighted by atomic mass is 10.1. The SMILES string of the molecule is C=C(C#N)c1ccc(O)cc1N. The quantitative estimate of drug-likeness (QED) is 0.483. The van der Waals surface area contributed by atoms with Gasteiger partial charge in [0.25, 0.3) is 0 Å². The standard InChI is InChI=1S/C9H8N2O/c1-6(5-10)8-3-2-7(12)4-9(8)11/h2-4,12H,1,11H2. The van der Waals surface area contributed by atoms with Crippen LogP contribution in [0.3, 0.4) is 0 Å². The van der Waals surface area contributed by atoms with Crippen LogP contribution >= 0.6 is 0 Å². The largest absolute Gasteiger partial charge is 0.508 e. The molecule has 0 fully saturated rings. The molecule has 3 nitrogen and oxygen atoms in total. The van der Waals surface area contributed by atoms with Crippen molar-refractivity contribution in [2.24, 2.45) is 0 Å². The van der Waals surface area contributed by atoms with Crippen LogP contribution in [0.5, 0.6) is 5.75 Å². The molecule has 1 aromatic rings. The summed E-state index contributed by atoms with van der Waals surface area (Å²) in [6.45, 7) is 3.51. The van der Waals surface area contributed by atoms with Crippen LogP contribution in [0.25, 0.3) is 5.57 Å². The molecule has 0 atom stereocenters. The minimum absolute atomic E-state index is 0.0852. The van der Waals surface area contributed by atoms with Gasteiger partial charge in [0.1, 0.15) is 5.75 Å². The lowest BCUT2D eigenvalue weighted by Crippen LogP contribution is -1.91. The fourth-order valence-corrected chi connectivity index (χ4v) is 0.885. The Kier molecular flexibility index (Phi) is 2.02. The molecule has 0 amide bonds. The number of hydrogen-bond donors (Lipinski definition) is 2. The first-order valence-electron chi connectivity index (χ1n) is 3.33. The highest BCUT2D eigenvalue weighted by Crippen LogP contribution is 2.23. The molecular weight excluding hydrogens is 152 g/mol. The maximum atomic E-state index is 9.00. The summed E-state index contributed by atoms with van der Waals surface area (Å²) in [6.07, 6.45) is 0. The lowest BCUT2D eigenvalue weighted by Gasteiger charge is -2.02. The summed E-state index contributed by atoms with van der Waals surface area (Å²) in [7, 11) is 0. The molecule has 0 aromatic heterocycles. The van der Waals surface area contributed by atoms with Crippen LogP contribution in [0.15, 0.2) is 24.8 Å². The van der Waals surface area contributed by atoms with Crippen molar-refractivity contribution in [2.75, 3.05) is 5.73 Å². The van der Waals surface area contributed by atoms with E-state index < -0.39 is 0 Å². The molecule has 1 rings (SSSR count). The Labute approximate surface area is 70.4 Å². The van der Waals surface area contributed by atoms with Gasteiger partial charge in [0.05, 0.1) is 11.6 Å². The molecule has 3 N–H and O–H groups in total. The maximum Gasteiger partial charge on any atom is 0.117 e. The van der Waals surface area contributed by atoms with Gasteiger partial charge in [-0.2, -0.15) is 5.26 Å². The molecule has 0 bridgehead atoms. The van der Waals surface area contributed by atoms with Crippen LogP contribution < -0.4 is 5.73 Å². The van der Waals surface area contributed by atoms with E-state index in [1.807, 2.05) is 6.07 Å². The van der Waals surface area contributed by atoms with Gasteiger partial charge < -0.3 is 10.8 Å². The normalized spacial score (nSPS) is 8.92. The van der Waals surface area contributed by atoms with E-state index in [9.17, 15) is 0 Å². The summed E-state index contributed by atoms with van der Waals surface area (Å²) in [5.74, 6) is 0.0852. The zero-order chi connectivity index (χ0) is 9.14. The molecule has 0 radical (unpaired) electrons. The highest BCUT2D eigenvalue weighted by Gasteiger charge is 2.02. The van der Waals surface area contributed by atoms with Gasteiger partial charge in [-0.15, -0.1) is 0 Å². The summed E-state index contributed by atoms with van der Waals surface area (Å²) in [5, 5.41) is 17.5. The van der Waals surface area contributed by atoms with Crippen LogP contribution in [0, 0.1) is 11.3 Å². The number of nitrogens with two attached hydrogens (primary N) is 1. The Hall–Kier alpha value is -1.95. The van der Waals surface area contributed by atoms with Gasteiger partial charge >= 0.3 is 0 Å². The van der Waals surface area contributed by atoms with E-state index in [-0.39, 0.29) is 5.75 Å². The van der Waals surface area contributed by atoms with Crippen molar-refractivity contribution in [2.45, 2.75) is 0 Å². The Morgan fingerprint density at radius 2 is 2.25 bits per heavy atom. The molecule has 12 heavy (non-hydrogen) atoms. The van der Waals surface area contributed by atoms with Gasteiger partial charge in [-0.05, 0) is 12.1 Å². The molecule has 1 aromatic carbocycles. The molecule has 0 saturated heterocycles. The molecule has 0 saturated carbocycles. The first-order chi connectivity index (χ1) is 5.65. The molecule has 3 heteroatoms. The van der Waals surface area contributed by atoms with Crippen LogP contribution in [0.2, 0.25) is 0 Å². The monoisotopic (exact) mass is 160 g/mol. The third-order valence-electron chi connectivity index (χ3n) is 1.50. The van der Waals surface area contributed by atoms with E-state index in [1.54, 1.807) is 6.07 Å². The zero-order valence-electron chi connectivity index (χ0n) is 6.41. The number of anilines is 1. The van der Waals surface area contributed by atoms with Crippen LogP contribution in [-0.2, 0) is 0 Å². The van der Waals surface area contributed by atoms with Crippen molar-refractivity contribution in [1.82, 2.24) is 0 Å². The molecule has 0 aliphatic heterocycles. The number of nitrogen functional groups attached to an aromatic ring is 1. The van der Waals surface area contributed by atoms with Crippen molar-refractivity contribution in [3.8, 4) is 11.8 Å². The highest BCUT2D eigenvalue weighted by molar-refractivity contribution is 5.82. The predicted octanol–water partition coefficient (Wildman–Crippen LogP) is 1.51. The Balaban J connectivity index is 3.20. The number of hydrogen-bond acceptors (Lipinski definition) is 3. The first kappa shape index (κ1) is 8.15. The maximum absolute atomic E-state index is 9.00. The van der Waals surface area contributed by atoms with Gasteiger partial charge in [-0.1, -0.05) is 6.58 Å². The number of allylic oxidation sites excluding steroid dienone is 1. The topological polar surface area (TPSA) is 70.0 Å². The van der Waals surface area contributed by atoms with E-state index in [0.29, 0.717) is 16.8 Å². The van der Waals surface area contributed by atoms with E-state index in [2.05, 4.69) is 6.58 Å². The molecular formula is C9H8N2O. The van der Waals surface area contributed by atoms with Gasteiger partial charge in [0.15, 0.2) is 0 Å². The molecule has 0 aliphatic rings. The summed E-state index contributed by atoms with van der Waals surface area (Å²) in [4.78, 5) is 0.